The van der Waals surface area contributed by atoms with Crippen LogP contribution in [0.4, 0.5) is 11.4 Å². The van der Waals surface area contributed by atoms with Crippen molar-refractivity contribution >= 4 is 17.3 Å². The molecule has 0 unspecified atom stereocenters. The van der Waals surface area contributed by atoms with Gasteiger partial charge in [-0.3, -0.25) is 4.79 Å². The first-order chi connectivity index (χ1) is 12.1. The van der Waals surface area contributed by atoms with E-state index in [1.165, 1.54) is 11.9 Å². The second kappa shape index (κ2) is 9.67. The van der Waals surface area contributed by atoms with Gasteiger partial charge in [0.05, 0.1) is 6.61 Å². The molecule has 0 spiro atoms. The van der Waals surface area contributed by atoms with Crippen molar-refractivity contribution < 1.29 is 9.53 Å². The molecule has 1 heterocycles. The molecule has 1 fully saturated rings. The van der Waals surface area contributed by atoms with E-state index in [9.17, 15) is 4.79 Å². The minimum Gasteiger partial charge on any atom is -0.383 e. The van der Waals surface area contributed by atoms with Crippen LogP contribution in [-0.4, -0.2) is 64.3 Å². The number of hydrogen-bond donors (Lipinski definition) is 2. The van der Waals surface area contributed by atoms with Gasteiger partial charge in [-0.25, -0.2) is 0 Å². The molecule has 0 aromatic heterocycles. The standard InChI is InChI=1S/C18H25N5O2/c1-22-8-10-23(11-9-22)17-5-3-16(4-6-17)21-14-15(13-19)18(24)20-7-12-25-2/h3-6,14,21H,7-12H2,1-2H3,(H,20,24)/b15-14-. The van der Waals surface area contributed by atoms with Crippen molar-refractivity contribution in [1.29, 1.82) is 5.26 Å². The van der Waals surface area contributed by atoms with Gasteiger partial charge >= 0.3 is 0 Å². The van der Waals surface area contributed by atoms with Crippen LogP contribution in [0.25, 0.3) is 0 Å². The summed E-state index contributed by atoms with van der Waals surface area (Å²) in [4.78, 5) is 16.5. The van der Waals surface area contributed by atoms with E-state index in [1.807, 2.05) is 30.3 Å². The van der Waals surface area contributed by atoms with E-state index in [4.69, 9.17) is 10.00 Å². The van der Waals surface area contributed by atoms with Gasteiger partial charge in [-0.05, 0) is 31.3 Å². The summed E-state index contributed by atoms with van der Waals surface area (Å²) in [6.07, 6.45) is 1.42. The summed E-state index contributed by atoms with van der Waals surface area (Å²) in [7, 11) is 3.69. The second-order valence-corrected chi connectivity index (χ2v) is 5.90. The highest BCUT2D eigenvalue weighted by atomic mass is 16.5. The number of piperazine rings is 1. The average Bonchev–Trinajstić information content (AvgIpc) is 2.64. The first-order valence-corrected chi connectivity index (χ1v) is 8.31. The molecule has 1 saturated heterocycles. The van der Waals surface area contributed by atoms with Gasteiger partial charge in [-0.2, -0.15) is 5.26 Å². The van der Waals surface area contributed by atoms with Gasteiger partial charge in [-0.1, -0.05) is 0 Å². The van der Waals surface area contributed by atoms with Crippen LogP contribution in [0.15, 0.2) is 36.0 Å². The largest absolute Gasteiger partial charge is 0.383 e. The van der Waals surface area contributed by atoms with Gasteiger partial charge in [0.1, 0.15) is 11.6 Å². The molecule has 0 radical (unpaired) electrons. The Morgan fingerprint density at radius 2 is 1.96 bits per heavy atom. The van der Waals surface area contributed by atoms with E-state index < -0.39 is 5.91 Å². The Morgan fingerprint density at radius 1 is 1.28 bits per heavy atom. The number of anilines is 2. The molecule has 1 aromatic carbocycles. The monoisotopic (exact) mass is 343 g/mol. The predicted octanol–water partition coefficient (Wildman–Crippen LogP) is 1.02. The molecule has 7 nitrogen and oxygen atoms in total. The van der Waals surface area contributed by atoms with Crippen molar-refractivity contribution in [3.8, 4) is 6.07 Å². The fourth-order valence-corrected chi connectivity index (χ4v) is 2.50. The molecule has 1 amide bonds. The summed E-state index contributed by atoms with van der Waals surface area (Å²) in [5.41, 5.74) is 2.04. The number of nitrogens with zero attached hydrogens (tertiary/aromatic N) is 3. The molecule has 0 atom stereocenters. The summed E-state index contributed by atoms with van der Waals surface area (Å²) in [6, 6.07) is 9.89. The van der Waals surface area contributed by atoms with Crippen LogP contribution in [0.5, 0.6) is 0 Å². The van der Waals surface area contributed by atoms with Crippen molar-refractivity contribution in [2.45, 2.75) is 0 Å². The molecule has 1 aliphatic rings. The number of carbonyl (C=O) groups excluding carboxylic acids is 1. The van der Waals surface area contributed by atoms with Gasteiger partial charge in [0, 0.05) is 57.4 Å². The van der Waals surface area contributed by atoms with E-state index in [-0.39, 0.29) is 5.57 Å². The second-order valence-electron chi connectivity index (χ2n) is 5.90. The Kier molecular flexibility index (Phi) is 7.26. The molecular formula is C18H25N5O2. The van der Waals surface area contributed by atoms with Crippen LogP contribution in [0, 0.1) is 11.3 Å². The molecule has 2 N–H and O–H groups in total. The normalized spacial score (nSPS) is 15.6. The fraction of sp³-hybridized carbons (Fsp3) is 0.444. The van der Waals surface area contributed by atoms with Gasteiger partial charge < -0.3 is 25.2 Å². The zero-order chi connectivity index (χ0) is 18.1. The molecule has 0 bridgehead atoms. The van der Waals surface area contributed by atoms with Gasteiger partial charge in [0.25, 0.3) is 5.91 Å². The summed E-state index contributed by atoms with van der Waals surface area (Å²) in [5, 5.41) is 14.7. The Bertz CT molecular complexity index is 628. The highest BCUT2D eigenvalue weighted by Crippen LogP contribution is 2.19. The zero-order valence-corrected chi connectivity index (χ0v) is 14.8. The van der Waals surface area contributed by atoms with Crippen LogP contribution < -0.4 is 15.5 Å². The van der Waals surface area contributed by atoms with Crippen LogP contribution >= 0.6 is 0 Å². The highest BCUT2D eigenvalue weighted by molar-refractivity contribution is 5.97. The SMILES string of the molecule is COCCNC(=O)/C(C#N)=C\Nc1ccc(N2CCN(C)CC2)cc1. The third-order valence-corrected chi connectivity index (χ3v) is 4.08. The first kappa shape index (κ1) is 18.8. The van der Waals surface area contributed by atoms with Crippen molar-refractivity contribution in [3.63, 3.8) is 0 Å². The molecule has 134 valence electrons. The molecule has 2 rings (SSSR count). The lowest BCUT2D eigenvalue weighted by atomic mass is 10.2. The third-order valence-electron chi connectivity index (χ3n) is 4.08. The van der Waals surface area contributed by atoms with Crippen LogP contribution in [0.1, 0.15) is 0 Å². The van der Waals surface area contributed by atoms with Crippen molar-refractivity contribution in [1.82, 2.24) is 10.2 Å². The quantitative estimate of drug-likeness (QED) is 0.437. The Labute approximate surface area is 148 Å². The summed E-state index contributed by atoms with van der Waals surface area (Å²) < 4.78 is 4.86. The number of ether oxygens (including phenoxy) is 1. The van der Waals surface area contributed by atoms with E-state index >= 15 is 0 Å². The molecule has 1 aromatic rings. The number of benzene rings is 1. The summed E-state index contributed by atoms with van der Waals surface area (Å²) in [6.45, 7) is 4.94. The highest BCUT2D eigenvalue weighted by Gasteiger charge is 2.14. The Balaban J connectivity index is 1.91. The number of nitriles is 1. The number of hydrogen-bond acceptors (Lipinski definition) is 6. The number of methoxy groups -OCH3 is 1. The minimum atomic E-state index is -0.416. The lowest BCUT2D eigenvalue weighted by molar-refractivity contribution is -0.117. The zero-order valence-electron chi connectivity index (χ0n) is 14.8. The minimum absolute atomic E-state index is 0.0271. The lowest BCUT2D eigenvalue weighted by Crippen LogP contribution is -2.44. The summed E-state index contributed by atoms with van der Waals surface area (Å²) >= 11 is 0. The van der Waals surface area contributed by atoms with Crippen molar-refractivity contribution in [2.75, 3.05) is 63.7 Å². The average molecular weight is 343 g/mol. The Hall–Kier alpha value is -2.56. The van der Waals surface area contributed by atoms with Crippen LogP contribution in [0.2, 0.25) is 0 Å². The van der Waals surface area contributed by atoms with Crippen molar-refractivity contribution in [2.24, 2.45) is 0 Å². The molecule has 0 saturated carbocycles. The third kappa shape index (κ3) is 5.78. The van der Waals surface area contributed by atoms with Gasteiger partial charge in [0.15, 0.2) is 0 Å². The van der Waals surface area contributed by atoms with Crippen LogP contribution in [-0.2, 0) is 9.53 Å². The Morgan fingerprint density at radius 3 is 2.56 bits per heavy atom. The van der Waals surface area contributed by atoms with E-state index in [0.717, 1.165) is 31.9 Å². The molecule has 7 heteroatoms. The van der Waals surface area contributed by atoms with E-state index in [0.29, 0.717) is 13.2 Å². The smallest absolute Gasteiger partial charge is 0.263 e. The first-order valence-electron chi connectivity index (χ1n) is 8.31. The van der Waals surface area contributed by atoms with E-state index in [2.05, 4.69) is 27.5 Å². The number of likely N-dealkylation sites (N-methyl/N-ethyl adjacent to an activating group) is 1. The maximum absolute atomic E-state index is 11.8. The summed E-state index contributed by atoms with van der Waals surface area (Å²) in [5.74, 6) is -0.416. The maximum atomic E-state index is 11.8. The van der Waals surface area contributed by atoms with E-state index in [1.54, 1.807) is 7.11 Å². The molecule has 1 aliphatic heterocycles. The number of carbonyl (C=O) groups is 1. The maximum Gasteiger partial charge on any atom is 0.263 e. The predicted molar refractivity (Wildman–Crippen MR) is 98.4 cm³/mol. The van der Waals surface area contributed by atoms with Crippen molar-refractivity contribution in [3.05, 3.63) is 36.0 Å². The topological polar surface area (TPSA) is 80.6 Å². The fourth-order valence-electron chi connectivity index (χ4n) is 2.50. The number of rotatable bonds is 7. The molecular weight excluding hydrogens is 318 g/mol. The number of nitrogens with one attached hydrogen (secondary N) is 2. The molecule has 0 aliphatic carbocycles. The lowest BCUT2D eigenvalue weighted by Gasteiger charge is -2.34. The van der Waals surface area contributed by atoms with Gasteiger partial charge in [0.2, 0.25) is 0 Å². The molecule has 25 heavy (non-hydrogen) atoms. The number of amides is 1. The van der Waals surface area contributed by atoms with Gasteiger partial charge in [-0.15, -0.1) is 0 Å². The van der Waals surface area contributed by atoms with Crippen LogP contribution in [0.3, 0.4) is 0 Å².